The first-order valence-electron chi connectivity index (χ1n) is 14.5. The number of unbranched alkanes of at least 4 members (excludes halogenated alkanes) is 8. The van der Waals surface area contributed by atoms with E-state index in [1.54, 1.807) is 23.9 Å². The van der Waals surface area contributed by atoms with E-state index in [0.717, 1.165) is 38.8 Å². The highest BCUT2D eigenvalue weighted by Gasteiger charge is 2.21. The van der Waals surface area contributed by atoms with Crippen LogP contribution < -0.4 is 10.6 Å². The van der Waals surface area contributed by atoms with E-state index in [0.29, 0.717) is 13.1 Å². The van der Waals surface area contributed by atoms with Gasteiger partial charge < -0.3 is 20.4 Å². The molecule has 8 nitrogen and oxygen atoms in total. The van der Waals surface area contributed by atoms with Crippen LogP contribution in [0.25, 0.3) is 0 Å². The summed E-state index contributed by atoms with van der Waals surface area (Å²) >= 11 is 0. The fourth-order valence-corrected chi connectivity index (χ4v) is 3.89. The predicted octanol–water partition coefficient (Wildman–Crippen LogP) is 4.66. The molecule has 0 bridgehead atoms. The number of carbonyl (C=O) groups excluding carboxylic acids is 4. The summed E-state index contributed by atoms with van der Waals surface area (Å²) in [7, 11) is 3.60. The molecule has 0 aliphatic rings. The molecule has 0 fully saturated rings. The van der Waals surface area contributed by atoms with E-state index in [-0.39, 0.29) is 54.7 Å². The molecule has 4 amide bonds. The first-order valence-corrected chi connectivity index (χ1v) is 14.5. The molecule has 0 radical (unpaired) electrons. The molecule has 0 rings (SSSR count). The van der Waals surface area contributed by atoms with Gasteiger partial charge >= 0.3 is 0 Å². The second-order valence-corrected chi connectivity index (χ2v) is 11.2. The van der Waals surface area contributed by atoms with Crippen molar-refractivity contribution in [2.24, 2.45) is 5.41 Å². The Morgan fingerprint density at radius 2 is 0.919 bits per heavy atom. The monoisotopic (exact) mass is 524 g/mol. The lowest BCUT2D eigenvalue weighted by Crippen LogP contribution is -2.42. The zero-order chi connectivity index (χ0) is 28.1. The van der Waals surface area contributed by atoms with Gasteiger partial charge in [0, 0.05) is 66.0 Å². The molecule has 2 N–H and O–H groups in total. The maximum atomic E-state index is 12.3. The van der Waals surface area contributed by atoms with Crippen LogP contribution in [0.1, 0.15) is 118 Å². The first kappa shape index (κ1) is 34.9. The van der Waals surface area contributed by atoms with Gasteiger partial charge in [-0.15, -0.1) is 0 Å². The zero-order valence-electron chi connectivity index (χ0n) is 24.8. The van der Waals surface area contributed by atoms with E-state index in [1.807, 2.05) is 13.8 Å². The molecule has 0 spiro atoms. The predicted molar refractivity (Wildman–Crippen MR) is 151 cm³/mol. The first-order chi connectivity index (χ1) is 17.5. The summed E-state index contributed by atoms with van der Waals surface area (Å²) in [5.41, 5.74) is -0.343. The van der Waals surface area contributed by atoms with Gasteiger partial charge in [0.2, 0.25) is 23.6 Å². The Balaban J connectivity index is 4.07. The fourth-order valence-electron chi connectivity index (χ4n) is 3.89. The van der Waals surface area contributed by atoms with Crippen molar-refractivity contribution in [2.45, 2.75) is 118 Å². The number of carbonyl (C=O) groups is 4. The minimum atomic E-state index is -0.343. The highest BCUT2D eigenvalue weighted by atomic mass is 16.2. The summed E-state index contributed by atoms with van der Waals surface area (Å²) in [6.07, 6.45) is 12.2. The third-order valence-electron chi connectivity index (χ3n) is 6.71. The molecule has 216 valence electrons. The van der Waals surface area contributed by atoms with Crippen molar-refractivity contribution in [3.8, 4) is 0 Å². The average Bonchev–Trinajstić information content (AvgIpc) is 2.87. The summed E-state index contributed by atoms with van der Waals surface area (Å²) in [6.45, 7) is 10.5. The molecule has 37 heavy (non-hydrogen) atoms. The summed E-state index contributed by atoms with van der Waals surface area (Å²) in [5, 5.41) is 5.77. The van der Waals surface area contributed by atoms with E-state index >= 15 is 0 Å². The largest absolute Gasteiger partial charge is 0.355 e. The Labute approximate surface area is 226 Å². The Bertz CT molecular complexity index is 612. The van der Waals surface area contributed by atoms with Crippen molar-refractivity contribution >= 4 is 23.6 Å². The minimum absolute atomic E-state index is 0.00569. The number of nitrogens with zero attached hydrogens (tertiary/aromatic N) is 2. The van der Waals surface area contributed by atoms with E-state index in [1.165, 1.54) is 38.5 Å². The summed E-state index contributed by atoms with van der Waals surface area (Å²) in [5.74, 6) is -0.331. The molecular weight excluding hydrogens is 468 g/mol. The maximum absolute atomic E-state index is 12.3. The summed E-state index contributed by atoms with van der Waals surface area (Å²) < 4.78 is 0. The van der Waals surface area contributed by atoms with Crippen LogP contribution in [-0.2, 0) is 19.2 Å². The number of hydrogen-bond donors (Lipinski definition) is 2. The maximum Gasteiger partial charge on any atom is 0.222 e. The highest BCUT2D eigenvalue weighted by Crippen LogP contribution is 2.12. The van der Waals surface area contributed by atoms with Gasteiger partial charge in [-0.2, -0.15) is 0 Å². The van der Waals surface area contributed by atoms with Crippen LogP contribution in [0.4, 0.5) is 0 Å². The van der Waals surface area contributed by atoms with E-state index in [2.05, 4.69) is 24.5 Å². The molecule has 0 saturated heterocycles. The van der Waals surface area contributed by atoms with Crippen LogP contribution >= 0.6 is 0 Å². The van der Waals surface area contributed by atoms with Gasteiger partial charge in [0.1, 0.15) is 0 Å². The number of hydrogen-bond acceptors (Lipinski definition) is 4. The van der Waals surface area contributed by atoms with Crippen LogP contribution in [0.15, 0.2) is 0 Å². The fraction of sp³-hybridized carbons (Fsp3) is 0.862. The SMILES string of the molecule is CCCCCCCN(C)C(=O)CCC(=O)NCC(C)(C)CNC(=O)CCC(=O)N(C)CCCCCCC. The molecule has 0 unspecified atom stereocenters. The van der Waals surface area contributed by atoms with Gasteiger partial charge in [-0.3, -0.25) is 19.2 Å². The lowest BCUT2D eigenvalue weighted by atomic mass is 9.93. The van der Waals surface area contributed by atoms with Crippen molar-refractivity contribution in [3.63, 3.8) is 0 Å². The van der Waals surface area contributed by atoms with Gasteiger partial charge in [-0.25, -0.2) is 0 Å². The molecule has 0 aliphatic carbocycles. The molecule has 8 heteroatoms. The van der Waals surface area contributed by atoms with Crippen LogP contribution in [0, 0.1) is 5.41 Å². The Morgan fingerprint density at radius 1 is 0.568 bits per heavy atom. The summed E-state index contributed by atoms with van der Waals surface area (Å²) in [4.78, 5) is 52.4. The molecular formula is C29H56N4O4. The van der Waals surface area contributed by atoms with Crippen molar-refractivity contribution in [1.82, 2.24) is 20.4 Å². The van der Waals surface area contributed by atoms with Crippen LogP contribution in [0.3, 0.4) is 0 Å². The number of nitrogens with one attached hydrogen (secondary N) is 2. The molecule has 0 heterocycles. The minimum Gasteiger partial charge on any atom is -0.355 e. The van der Waals surface area contributed by atoms with Gasteiger partial charge in [-0.05, 0) is 18.3 Å². The van der Waals surface area contributed by atoms with Crippen molar-refractivity contribution < 1.29 is 19.2 Å². The van der Waals surface area contributed by atoms with E-state index in [9.17, 15) is 19.2 Å². The van der Waals surface area contributed by atoms with Crippen molar-refractivity contribution in [1.29, 1.82) is 0 Å². The smallest absolute Gasteiger partial charge is 0.222 e. The van der Waals surface area contributed by atoms with Gasteiger partial charge in [-0.1, -0.05) is 79.1 Å². The third kappa shape index (κ3) is 19.6. The van der Waals surface area contributed by atoms with E-state index in [4.69, 9.17) is 0 Å². The molecule has 0 saturated carbocycles. The van der Waals surface area contributed by atoms with Crippen LogP contribution in [-0.4, -0.2) is 73.7 Å². The molecule has 0 aromatic carbocycles. The average molecular weight is 525 g/mol. The Morgan fingerprint density at radius 3 is 1.27 bits per heavy atom. The van der Waals surface area contributed by atoms with Crippen molar-refractivity contribution in [3.05, 3.63) is 0 Å². The van der Waals surface area contributed by atoms with Crippen LogP contribution in [0.2, 0.25) is 0 Å². The Kier molecular flexibility index (Phi) is 19.7. The zero-order valence-corrected chi connectivity index (χ0v) is 24.8. The highest BCUT2D eigenvalue weighted by molar-refractivity contribution is 5.84. The molecule has 0 aromatic heterocycles. The second-order valence-electron chi connectivity index (χ2n) is 11.2. The van der Waals surface area contributed by atoms with Gasteiger partial charge in [0.05, 0.1) is 0 Å². The summed E-state index contributed by atoms with van der Waals surface area (Å²) in [6, 6.07) is 0. The quantitative estimate of drug-likeness (QED) is 0.201. The third-order valence-corrected chi connectivity index (χ3v) is 6.71. The van der Waals surface area contributed by atoms with Gasteiger partial charge in [0.25, 0.3) is 0 Å². The van der Waals surface area contributed by atoms with E-state index < -0.39 is 0 Å². The topological polar surface area (TPSA) is 98.8 Å². The van der Waals surface area contributed by atoms with Crippen molar-refractivity contribution in [2.75, 3.05) is 40.3 Å². The Hall–Kier alpha value is -2.12. The van der Waals surface area contributed by atoms with Crippen LogP contribution in [0.5, 0.6) is 0 Å². The standard InChI is InChI=1S/C29H56N4O4/c1-7-9-11-13-15-21-32(5)27(36)19-17-25(34)30-23-29(3,4)24-31-26(35)18-20-28(37)33(6)22-16-14-12-10-8-2/h7-24H2,1-6H3,(H,30,34)(H,31,35). The molecule has 0 atom stereocenters. The van der Waals surface area contributed by atoms with Gasteiger partial charge in [0.15, 0.2) is 0 Å². The normalized spacial score (nSPS) is 11.2. The lowest BCUT2D eigenvalue weighted by Gasteiger charge is -2.25. The molecule has 0 aliphatic heterocycles. The number of amides is 4. The lowest BCUT2D eigenvalue weighted by molar-refractivity contribution is -0.132. The molecule has 0 aromatic rings. The second kappa shape index (κ2) is 20.9. The number of rotatable bonds is 22.